The number of hydrogen-bond donors (Lipinski definition) is 0. The highest BCUT2D eigenvalue weighted by molar-refractivity contribution is 5.77. The van der Waals surface area contributed by atoms with Crippen LogP contribution in [-0.2, 0) is 0 Å². The molecule has 0 aliphatic rings. The average Bonchev–Trinajstić information content (AvgIpc) is 2.58. The number of hydrogen-bond acceptors (Lipinski definition) is 1. The molecule has 0 radical (unpaired) electrons. The fraction of sp³-hybridized carbons (Fsp3) is 0.0909. The summed E-state index contributed by atoms with van der Waals surface area (Å²) in [5.74, 6) is 0. The van der Waals surface area contributed by atoms with Crippen LogP contribution in [0.1, 0.15) is 16.7 Å². The fourth-order valence-corrected chi connectivity index (χ4v) is 2.67. The summed E-state index contributed by atoms with van der Waals surface area (Å²) in [5.41, 5.74) is 7.11. The molecule has 3 aromatic carbocycles. The van der Waals surface area contributed by atoms with Crippen LogP contribution < -0.4 is 4.90 Å². The maximum atomic E-state index is 3.83. The van der Waals surface area contributed by atoms with Crippen molar-refractivity contribution in [2.45, 2.75) is 13.8 Å². The number of aryl methyl sites for hydroxylation is 2. The van der Waals surface area contributed by atoms with Crippen molar-refractivity contribution < 1.29 is 0 Å². The molecule has 0 atom stereocenters. The summed E-state index contributed by atoms with van der Waals surface area (Å²) in [7, 11) is 0. The highest BCUT2D eigenvalue weighted by Gasteiger charge is 2.12. The molecule has 3 rings (SSSR count). The monoisotopic (exact) mass is 299 g/mol. The maximum Gasteiger partial charge on any atom is 0.0464 e. The molecule has 114 valence electrons. The van der Waals surface area contributed by atoms with Crippen LogP contribution in [0.5, 0.6) is 0 Å². The smallest absolute Gasteiger partial charge is 0.0464 e. The topological polar surface area (TPSA) is 3.24 Å². The maximum absolute atomic E-state index is 3.83. The first-order valence-corrected chi connectivity index (χ1v) is 7.83. The summed E-state index contributed by atoms with van der Waals surface area (Å²) in [6.45, 7) is 8.06. The minimum absolute atomic E-state index is 1.13. The Balaban J connectivity index is 2.12. The fourth-order valence-electron chi connectivity index (χ4n) is 2.67. The SMILES string of the molecule is C=Cc1ccc(N(c2ccc(C)cc2)c2cccc(C)c2)cc1. The lowest BCUT2D eigenvalue weighted by molar-refractivity contribution is 1.26. The predicted molar refractivity (Wildman–Crippen MR) is 101 cm³/mol. The Morgan fingerprint density at radius 1 is 0.696 bits per heavy atom. The molecule has 1 nitrogen and oxygen atoms in total. The first kappa shape index (κ1) is 15.1. The van der Waals surface area contributed by atoms with Crippen LogP contribution in [-0.4, -0.2) is 0 Å². The molecule has 1 heteroatoms. The standard InChI is InChI=1S/C22H21N/c1-4-19-10-14-21(15-11-19)23(20-12-8-17(2)9-13-20)22-7-5-6-18(3)16-22/h4-16H,1H2,2-3H3. The second-order valence-corrected chi connectivity index (χ2v) is 5.81. The van der Waals surface area contributed by atoms with E-state index in [-0.39, 0.29) is 0 Å². The minimum Gasteiger partial charge on any atom is -0.310 e. The normalized spacial score (nSPS) is 10.3. The van der Waals surface area contributed by atoms with E-state index >= 15 is 0 Å². The minimum atomic E-state index is 1.13. The van der Waals surface area contributed by atoms with Gasteiger partial charge in [-0.1, -0.05) is 54.6 Å². The summed E-state index contributed by atoms with van der Waals surface area (Å²) in [6, 6.07) is 25.7. The molecular weight excluding hydrogens is 278 g/mol. The van der Waals surface area contributed by atoms with Gasteiger partial charge in [0.25, 0.3) is 0 Å². The van der Waals surface area contributed by atoms with Gasteiger partial charge in [-0.25, -0.2) is 0 Å². The zero-order valence-corrected chi connectivity index (χ0v) is 13.7. The van der Waals surface area contributed by atoms with Gasteiger partial charge in [-0.2, -0.15) is 0 Å². The summed E-state index contributed by atoms with van der Waals surface area (Å²) in [6.07, 6.45) is 1.87. The number of benzene rings is 3. The Bertz CT molecular complexity index is 798. The van der Waals surface area contributed by atoms with Crippen LogP contribution in [0.3, 0.4) is 0 Å². The molecule has 0 unspecified atom stereocenters. The molecule has 0 aliphatic heterocycles. The molecule has 0 N–H and O–H groups in total. The number of anilines is 3. The van der Waals surface area contributed by atoms with Crippen LogP contribution in [0.25, 0.3) is 6.08 Å². The first-order valence-electron chi connectivity index (χ1n) is 7.83. The van der Waals surface area contributed by atoms with E-state index in [9.17, 15) is 0 Å². The van der Waals surface area contributed by atoms with Gasteiger partial charge in [0.1, 0.15) is 0 Å². The van der Waals surface area contributed by atoms with Gasteiger partial charge in [0.05, 0.1) is 0 Å². The number of rotatable bonds is 4. The molecule has 0 spiro atoms. The van der Waals surface area contributed by atoms with Crippen molar-refractivity contribution >= 4 is 23.1 Å². The van der Waals surface area contributed by atoms with Gasteiger partial charge in [-0.15, -0.1) is 0 Å². The Labute approximate surface area is 138 Å². The highest BCUT2D eigenvalue weighted by Crippen LogP contribution is 2.34. The molecule has 0 aromatic heterocycles. The van der Waals surface area contributed by atoms with Crippen LogP contribution in [0, 0.1) is 13.8 Å². The van der Waals surface area contributed by atoms with Gasteiger partial charge >= 0.3 is 0 Å². The molecule has 23 heavy (non-hydrogen) atoms. The van der Waals surface area contributed by atoms with Crippen molar-refractivity contribution in [1.82, 2.24) is 0 Å². The second kappa shape index (κ2) is 6.53. The van der Waals surface area contributed by atoms with E-state index < -0.39 is 0 Å². The van der Waals surface area contributed by atoms with E-state index in [4.69, 9.17) is 0 Å². The van der Waals surface area contributed by atoms with Gasteiger partial charge in [0.2, 0.25) is 0 Å². The Hall–Kier alpha value is -2.80. The lowest BCUT2D eigenvalue weighted by atomic mass is 10.1. The molecular formula is C22H21N. The van der Waals surface area contributed by atoms with E-state index in [1.807, 2.05) is 6.08 Å². The molecule has 0 amide bonds. The van der Waals surface area contributed by atoms with Crippen molar-refractivity contribution in [3.8, 4) is 0 Å². The van der Waals surface area contributed by atoms with Crippen molar-refractivity contribution in [1.29, 1.82) is 0 Å². The van der Waals surface area contributed by atoms with Crippen LogP contribution in [0.2, 0.25) is 0 Å². The summed E-state index contributed by atoms with van der Waals surface area (Å²) in [4.78, 5) is 2.28. The zero-order chi connectivity index (χ0) is 16.2. The van der Waals surface area contributed by atoms with Crippen molar-refractivity contribution in [2.24, 2.45) is 0 Å². The van der Waals surface area contributed by atoms with Gasteiger partial charge in [0, 0.05) is 17.1 Å². The van der Waals surface area contributed by atoms with Crippen molar-refractivity contribution in [3.05, 3.63) is 96.1 Å². The van der Waals surface area contributed by atoms with Crippen molar-refractivity contribution in [2.75, 3.05) is 4.90 Å². The molecule has 0 saturated heterocycles. The van der Waals surface area contributed by atoms with Gasteiger partial charge in [0.15, 0.2) is 0 Å². The van der Waals surface area contributed by atoms with Gasteiger partial charge in [-0.05, 0) is 61.4 Å². The Morgan fingerprint density at radius 3 is 1.87 bits per heavy atom. The summed E-state index contributed by atoms with van der Waals surface area (Å²) in [5, 5.41) is 0. The predicted octanol–water partition coefficient (Wildman–Crippen LogP) is 6.42. The van der Waals surface area contributed by atoms with E-state index in [1.165, 1.54) is 16.8 Å². The Morgan fingerprint density at radius 2 is 1.30 bits per heavy atom. The highest BCUT2D eigenvalue weighted by atomic mass is 15.1. The lowest BCUT2D eigenvalue weighted by Crippen LogP contribution is -2.10. The summed E-state index contributed by atoms with van der Waals surface area (Å²) >= 11 is 0. The average molecular weight is 299 g/mol. The second-order valence-electron chi connectivity index (χ2n) is 5.81. The van der Waals surface area contributed by atoms with Crippen LogP contribution in [0.4, 0.5) is 17.1 Å². The van der Waals surface area contributed by atoms with E-state index in [2.05, 4.69) is 98.1 Å². The third-order valence-electron chi connectivity index (χ3n) is 3.94. The number of nitrogens with zero attached hydrogens (tertiary/aromatic N) is 1. The van der Waals surface area contributed by atoms with Gasteiger partial charge < -0.3 is 4.90 Å². The van der Waals surface area contributed by atoms with Crippen LogP contribution >= 0.6 is 0 Å². The van der Waals surface area contributed by atoms with Gasteiger partial charge in [-0.3, -0.25) is 0 Å². The summed E-state index contributed by atoms with van der Waals surface area (Å²) < 4.78 is 0. The Kier molecular flexibility index (Phi) is 4.29. The lowest BCUT2D eigenvalue weighted by Gasteiger charge is -2.26. The molecule has 0 aliphatic carbocycles. The van der Waals surface area contributed by atoms with E-state index in [0.717, 1.165) is 16.9 Å². The zero-order valence-electron chi connectivity index (χ0n) is 13.7. The van der Waals surface area contributed by atoms with E-state index in [0.29, 0.717) is 0 Å². The van der Waals surface area contributed by atoms with E-state index in [1.54, 1.807) is 0 Å². The first-order chi connectivity index (χ1) is 11.2. The molecule has 3 aromatic rings. The van der Waals surface area contributed by atoms with Crippen molar-refractivity contribution in [3.63, 3.8) is 0 Å². The molecule has 0 bridgehead atoms. The van der Waals surface area contributed by atoms with Crippen LogP contribution in [0.15, 0.2) is 79.4 Å². The molecule has 0 fully saturated rings. The largest absolute Gasteiger partial charge is 0.310 e. The third kappa shape index (κ3) is 3.35. The molecule has 0 saturated carbocycles. The molecule has 0 heterocycles. The quantitative estimate of drug-likeness (QED) is 0.537. The third-order valence-corrected chi connectivity index (χ3v) is 3.94.